The average Bonchev–Trinajstić information content (AvgIpc) is 2.68. The number of carbonyl (C=O) groups excluding carboxylic acids is 2. The third-order valence-corrected chi connectivity index (χ3v) is 4.51. The molecule has 5 heteroatoms. The summed E-state index contributed by atoms with van der Waals surface area (Å²) in [5.41, 5.74) is 3.05. The zero-order valence-electron chi connectivity index (χ0n) is 16.0. The van der Waals surface area contributed by atoms with Crippen molar-refractivity contribution in [3.05, 3.63) is 52.6 Å². The van der Waals surface area contributed by atoms with Crippen LogP contribution in [0.5, 0.6) is 0 Å². The van der Waals surface area contributed by atoms with Gasteiger partial charge in [0.1, 0.15) is 11.6 Å². The SMILES string of the molecule is Cc1ccc(/C=C(\C#N)C(=O)O[C@H](C)C(=O)NCCC2=CCCCC2)cc1. The second-order valence-corrected chi connectivity index (χ2v) is 6.78. The van der Waals surface area contributed by atoms with Gasteiger partial charge in [0.05, 0.1) is 0 Å². The van der Waals surface area contributed by atoms with E-state index >= 15 is 0 Å². The Labute approximate surface area is 160 Å². The van der Waals surface area contributed by atoms with Crippen molar-refractivity contribution >= 4 is 18.0 Å². The summed E-state index contributed by atoms with van der Waals surface area (Å²) in [6.45, 7) is 3.99. The van der Waals surface area contributed by atoms with Gasteiger partial charge in [0.2, 0.25) is 0 Å². The Kier molecular flexibility index (Phi) is 7.81. The maximum absolute atomic E-state index is 12.2. The molecule has 1 amide bonds. The van der Waals surface area contributed by atoms with Gasteiger partial charge in [-0.15, -0.1) is 0 Å². The topological polar surface area (TPSA) is 79.2 Å². The van der Waals surface area contributed by atoms with E-state index in [0.717, 1.165) is 30.4 Å². The van der Waals surface area contributed by atoms with Crippen LogP contribution in [-0.4, -0.2) is 24.5 Å². The molecule has 1 aliphatic carbocycles. The van der Waals surface area contributed by atoms with E-state index in [0.29, 0.717) is 6.54 Å². The molecule has 1 aromatic carbocycles. The zero-order valence-corrected chi connectivity index (χ0v) is 16.0. The highest BCUT2D eigenvalue weighted by atomic mass is 16.5. The van der Waals surface area contributed by atoms with Crippen LogP contribution in [0.1, 0.15) is 50.2 Å². The highest BCUT2D eigenvalue weighted by Crippen LogP contribution is 2.19. The standard InChI is InChI=1S/C22H26N2O3/c1-16-8-10-19(11-9-16)14-20(15-23)22(26)27-17(2)21(25)24-13-12-18-6-4-3-5-7-18/h6,8-11,14,17H,3-5,7,12-13H2,1-2H3,(H,24,25)/b20-14+/t17-/m1/s1. The Morgan fingerprint density at radius 3 is 2.67 bits per heavy atom. The van der Waals surface area contributed by atoms with Gasteiger partial charge in [-0.2, -0.15) is 5.26 Å². The number of aryl methyl sites for hydroxylation is 1. The van der Waals surface area contributed by atoms with Gasteiger partial charge in [0.25, 0.3) is 5.91 Å². The van der Waals surface area contributed by atoms with Crippen LogP contribution in [0.4, 0.5) is 0 Å². The number of nitriles is 1. The van der Waals surface area contributed by atoms with Crippen molar-refractivity contribution in [2.75, 3.05) is 6.54 Å². The number of nitrogens with one attached hydrogen (secondary N) is 1. The number of benzene rings is 1. The summed E-state index contributed by atoms with van der Waals surface area (Å²) in [4.78, 5) is 24.3. The molecular formula is C22H26N2O3. The van der Waals surface area contributed by atoms with E-state index in [4.69, 9.17) is 4.74 Å². The largest absolute Gasteiger partial charge is 0.448 e. The Balaban J connectivity index is 1.85. The molecule has 1 atom stereocenters. The number of hydrogen-bond acceptors (Lipinski definition) is 4. The van der Waals surface area contributed by atoms with Gasteiger partial charge in [0.15, 0.2) is 6.10 Å². The molecule has 2 rings (SSSR count). The molecule has 5 nitrogen and oxygen atoms in total. The maximum Gasteiger partial charge on any atom is 0.349 e. The van der Waals surface area contributed by atoms with Crippen molar-refractivity contribution in [3.8, 4) is 6.07 Å². The van der Waals surface area contributed by atoms with E-state index in [9.17, 15) is 14.9 Å². The molecule has 0 heterocycles. The van der Waals surface area contributed by atoms with Crippen LogP contribution < -0.4 is 5.32 Å². The molecule has 27 heavy (non-hydrogen) atoms. The first kappa shape index (κ1) is 20.4. The van der Waals surface area contributed by atoms with Crippen LogP contribution in [0.2, 0.25) is 0 Å². The molecule has 0 saturated carbocycles. The lowest BCUT2D eigenvalue weighted by Gasteiger charge is -2.15. The molecule has 1 N–H and O–H groups in total. The van der Waals surface area contributed by atoms with Crippen LogP contribution in [0.25, 0.3) is 6.08 Å². The van der Waals surface area contributed by atoms with Crippen molar-refractivity contribution in [2.45, 2.75) is 52.1 Å². The first-order chi connectivity index (χ1) is 13.0. The molecule has 0 saturated heterocycles. The molecule has 0 bridgehead atoms. The van der Waals surface area contributed by atoms with Gasteiger partial charge in [-0.3, -0.25) is 4.79 Å². The van der Waals surface area contributed by atoms with Gasteiger partial charge in [0, 0.05) is 6.54 Å². The number of esters is 1. The summed E-state index contributed by atoms with van der Waals surface area (Å²) >= 11 is 0. The van der Waals surface area contributed by atoms with Crippen LogP contribution in [0.3, 0.4) is 0 Å². The van der Waals surface area contributed by atoms with Crippen LogP contribution >= 0.6 is 0 Å². The predicted octanol–water partition coefficient (Wildman–Crippen LogP) is 3.84. The van der Waals surface area contributed by atoms with Crippen LogP contribution in [0, 0.1) is 18.3 Å². The number of nitrogens with zero attached hydrogens (tertiary/aromatic N) is 1. The van der Waals surface area contributed by atoms with E-state index in [1.807, 2.05) is 37.3 Å². The normalized spacial score (nSPS) is 15.3. The molecule has 0 fully saturated rings. The fourth-order valence-electron chi connectivity index (χ4n) is 2.87. The van der Waals surface area contributed by atoms with Crippen LogP contribution in [-0.2, 0) is 14.3 Å². The third-order valence-electron chi connectivity index (χ3n) is 4.51. The summed E-state index contributed by atoms with van der Waals surface area (Å²) in [5, 5.41) is 12.0. The van der Waals surface area contributed by atoms with Crippen molar-refractivity contribution in [2.24, 2.45) is 0 Å². The number of ether oxygens (including phenoxy) is 1. The number of hydrogen-bond donors (Lipinski definition) is 1. The average molecular weight is 366 g/mol. The number of rotatable bonds is 7. The summed E-state index contributed by atoms with van der Waals surface area (Å²) < 4.78 is 5.15. The Morgan fingerprint density at radius 1 is 1.30 bits per heavy atom. The quantitative estimate of drug-likeness (QED) is 0.344. The van der Waals surface area contributed by atoms with E-state index in [1.165, 1.54) is 31.4 Å². The second kappa shape index (κ2) is 10.3. The molecular weight excluding hydrogens is 340 g/mol. The monoisotopic (exact) mass is 366 g/mol. The Morgan fingerprint density at radius 2 is 2.04 bits per heavy atom. The lowest BCUT2D eigenvalue weighted by atomic mass is 9.97. The van der Waals surface area contributed by atoms with Crippen molar-refractivity contribution in [1.82, 2.24) is 5.32 Å². The summed E-state index contributed by atoms with van der Waals surface area (Å²) in [6, 6.07) is 9.26. The fraction of sp³-hybridized carbons (Fsp3) is 0.409. The van der Waals surface area contributed by atoms with E-state index in [-0.39, 0.29) is 11.5 Å². The maximum atomic E-state index is 12.2. The van der Waals surface area contributed by atoms with E-state index in [2.05, 4.69) is 11.4 Å². The zero-order chi connectivity index (χ0) is 19.6. The van der Waals surface area contributed by atoms with Crippen LogP contribution in [0.15, 0.2) is 41.5 Å². The number of amides is 1. The molecule has 142 valence electrons. The number of allylic oxidation sites excluding steroid dienone is 1. The Bertz CT molecular complexity index is 770. The van der Waals surface area contributed by atoms with Gasteiger partial charge < -0.3 is 10.1 Å². The molecule has 1 aliphatic rings. The lowest BCUT2D eigenvalue weighted by Crippen LogP contribution is -2.36. The predicted molar refractivity (Wildman–Crippen MR) is 105 cm³/mol. The lowest BCUT2D eigenvalue weighted by molar-refractivity contribution is -0.150. The third kappa shape index (κ3) is 6.74. The number of carbonyl (C=O) groups is 2. The van der Waals surface area contributed by atoms with Gasteiger partial charge in [-0.1, -0.05) is 41.5 Å². The minimum absolute atomic E-state index is 0.133. The second-order valence-electron chi connectivity index (χ2n) is 6.78. The van der Waals surface area contributed by atoms with Gasteiger partial charge in [-0.05, 0) is 57.6 Å². The van der Waals surface area contributed by atoms with Gasteiger partial charge in [-0.25, -0.2) is 4.79 Å². The molecule has 0 aliphatic heterocycles. The highest BCUT2D eigenvalue weighted by molar-refractivity contribution is 5.99. The Hall–Kier alpha value is -2.87. The fourth-order valence-corrected chi connectivity index (χ4v) is 2.87. The minimum Gasteiger partial charge on any atom is -0.448 e. The summed E-state index contributed by atoms with van der Waals surface area (Å²) in [6.07, 6.45) is 8.22. The molecule has 0 aromatic heterocycles. The van der Waals surface area contributed by atoms with Crippen molar-refractivity contribution in [3.63, 3.8) is 0 Å². The van der Waals surface area contributed by atoms with Gasteiger partial charge >= 0.3 is 5.97 Å². The van der Waals surface area contributed by atoms with E-state index < -0.39 is 12.1 Å². The smallest absolute Gasteiger partial charge is 0.349 e. The van der Waals surface area contributed by atoms with E-state index in [1.54, 1.807) is 0 Å². The van der Waals surface area contributed by atoms with Crippen molar-refractivity contribution in [1.29, 1.82) is 5.26 Å². The first-order valence-corrected chi connectivity index (χ1v) is 9.34. The van der Waals surface area contributed by atoms with Crippen molar-refractivity contribution < 1.29 is 14.3 Å². The first-order valence-electron chi connectivity index (χ1n) is 9.34. The highest BCUT2D eigenvalue weighted by Gasteiger charge is 2.20. The molecule has 0 spiro atoms. The summed E-state index contributed by atoms with van der Waals surface area (Å²) in [7, 11) is 0. The molecule has 0 unspecified atom stereocenters. The molecule has 0 radical (unpaired) electrons. The molecule has 1 aromatic rings. The minimum atomic E-state index is -0.951. The summed E-state index contributed by atoms with van der Waals surface area (Å²) in [5.74, 6) is -1.15.